The number of carboxylic acids is 1. The molecular formula is C11H9FO2S. The molecule has 1 heterocycles. The fourth-order valence-corrected chi connectivity index (χ4v) is 1.38. The van der Waals surface area contributed by atoms with E-state index in [0.717, 1.165) is 0 Å². The number of halogens is 1. The van der Waals surface area contributed by atoms with Crippen LogP contribution >= 0.6 is 11.3 Å². The summed E-state index contributed by atoms with van der Waals surface area (Å²) in [5.74, 6) is -1.03. The van der Waals surface area contributed by atoms with Gasteiger partial charge in [0.05, 0.1) is 0 Å². The van der Waals surface area contributed by atoms with Crippen LogP contribution in [0.1, 0.15) is 9.67 Å². The number of carbonyl (C=O) groups is 1. The van der Waals surface area contributed by atoms with Gasteiger partial charge in [0, 0.05) is 0 Å². The lowest BCUT2D eigenvalue weighted by atomic mass is 10.4. The second-order valence-electron chi connectivity index (χ2n) is 2.58. The SMILES string of the molecule is Fc1ccccc1.O=C(O)c1cccs1. The molecule has 0 saturated carbocycles. The van der Waals surface area contributed by atoms with Crippen LogP contribution in [0.4, 0.5) is 4.39 Å². The lowest BCUT2D eigenvalue weighted by molar-refractivity contribution is 0.0702. The number of rotatable bonds is 1. The van der Waals surface area contributed by atoms with Gasteiger partial charge in [-0.1, -0.05) is 24.3 Å². The van der Waals surface area contributed by atoms with Gasteiger partial charge in [-0.05, 0) is 23.6 Å². The van der Waals surface area contributed by atoms with Gasteiger partial charge in [0.1, 0.15) is 10.7 Å². The average molecular weight is 224 g/mol. The molecule has 1 N–H and O–H groups in total. The molecule has 0 amide bonds. The maximum atomic E-state index is 11.9. The Bertz CT molecular complexity index is 398. The molecule has 1 aromatic carbocycles. The molecule has 15 heavy (non-hydrogen) atoms. The van der Waals surface area contributed by atoms with E-state index in [-0.39, 0.29) is 5.82 Å². The first-order valence-corrected chi connectivity index (χ1v) is 5.05. The van der Waals surface area contributed by atoms with Crippen molar-refractivity contribution in [2.24, 2.45) is 0 Å². The number of carboxylic acid groups (broad SMARTS) is 1. The zero-order valence-corrected chi connectivity index (χ0v) is 8.58. The van der Waals surface area contributed by atoms with E-state index < -0.39 is 5.97 Å². The number of thiophene rings is 1. The van der Waals surface area contributed by atoms with Gasteiger partial charge in [0.15, 0.2) is 0 Å². The van der Waals surface area contributed by atoms with Crippen molar-refractivity contribution in [1.82, 2.24) is 0 Å². The molecule has 0 atom stereocenters. The molecule has 0 aliphatic heterocycles. The number of hydrogen-bond acceptors (Lipinski definition) is 2. The molecule has 0 aliphatic carbocycles. The molecule has 0 unspecified atom stereocenters. The summed E-state index contributed by atoms with van der Waals surface area (Å²) < 4.78 is 11.9. The summed E-state index contributed by atoms with van der Waals surface area (Å²) in [5, 5.41) is 10.0. The molecule has 78 valence electrons. The van der Waals surface area contributed by atoms with Gasteiger partial charge in [-0.15, -0.1) is 11.3 Å². The quantitative estimate of drug-likeness (QED) is 0.807. The topological polar surface area (TPSA) is 37.3 Å². The number of benzene rings is 1. The van der Waals surface area contributed by atoms with Crippen LogP contribution in [0.25, 0.3) is 0 Å². The highest BCUT2D eigenvalue weighted by atomic mass is 32.1. The van der Waals surface area contributed by atoms with Crippen LogP contribution in [0.15, 0.2) is 47.8 Å². The Morgan fingerprint density at radius 1 is 1.13 bits per heavy atom. The first-order chi connectivity index (χ1) is 7.20. The van der Waals surface area contributed by atoms with E-state index in [4.69, 9.17) is 5.11 Å². The van der Waals surface area contributed by atoms with Gasteiger partial charge >= 0.3 is 5.97 Å². The lowest BCUT2D eigenvalue weighted by Gasteiger charge is -1.78. The average Bonchev–Trinajstić information content (AvgIpc) is 2.72. The molecule has 0 radical (unpaired) electrons. The van der Waals surface area contributed by atoms with Crippen molar-refractivity contribution in [3.05, 3.63) is 58.5 Å². The summed E-state index contributed by atoms with van der Waals surface area (Å²) in [5.41, 5.74) is 0. The van der Waals surface area contributed by atoms with E-state index >= 15 is 0 Å². The van der Waals surface area contributed by atoms with Gasteiger partial charge in [0.25, 0.3) is 0 Å². The first-order valence-electron chi connectivity index (χ1n) is 4.17. The Morgan fingerprint density at radius 3 is 2.07 bits per heavy atom. The van der Waals surface area contributed by atoms with E-state index in [2.05, 4.69) is 0 Å². The molecule has 2 aromatic rings. The van der Waals surface area contributed by atoms with Crippen molar-refractivity contribution >= 4 is 17.3 Å². The molecule has 4 heteroatoms. The van der Waals surface area contributed by atoms with Crippen molar-refractivity contribution in [3.63, 3.8) is 0 Å². The van der Waals surface area contributed by atoms with Gasteiger partial charge in [-0.25, -0.2) is 9.18 Å². The van der Waals surface area contributed by atoms with Crippen LogP contribution in [0, 0.1) is 5.82 Å². The smallest absolute Gasteiger partial charge is 0.345 e. The maximum absolute atomic E-state index is 11.9. The van der Waals surface area contributed by atoms with Crippen LogP contribution in [0.3, 0.4) is 0 Å². The van der Waals surface area contributed by atoms with Crippen molar-refractivity contribution in [1.29, 1.82) is 0 Å². The van der Waals surface area contributed by atoms with E-state index in [9.17, 15) is 9.18 Å². The van der Waals surface area contributed by atoms with Gasteiger partial charge < -0.3 is 5.11 Å². The highest BCUT2D eigenvalue weighted by molar-refractivity contribution is 7.11. The van der Waals surface area contributed by atoms with Crippen molar-refractivity contribution in [2.75, 3.05) is 0 Å². The van der Waals surface area contributed by atoms with Gasteiger partial charge in [0.2, 0.25) is 0 Å². The molecule has 2 nitrogen and oxygen atoms in total. The zero-order valence-electron chi connectivity index (χ0n) is 7.76. The normalized spacial score (nSPS) is 8.87. The Labute approximate surface area is 90.6 Å². The Kier molecular flexibility index (Phi) is 4.50. The van der Waals surface area contributed by atoms with Crippen molar-refractivity contribution in [2.45, 2.75) is 0 Å². The Morgan fingerprint density at radius 2 is 1.80 bits per heavy atom. The Balaban J connectivity index is 0.000000151. The first kappa shape index (κ1) is 11.4. The van der Waals surface area contributed by atoms with Crippen LogP contribution < -0.4 is 0 Å². The summed E-state index contributed by atoms with van der Waals surface area (Å²) in [4.78, 5) is 10.5. The minimum absolute atomic E-state index is 0.178. The standard InChI is InChI=1S/C6H5F.C5H4O2S/c7-6-4-2-1-3-5-6;6-5(7)4-2-1-3-8-4/h1-5H;1-3H,(H,6,7). The summed E-state index contributed by atoms with van der Waals surface area (Å²) in [6.07, 6.45) is 0. The van der Waals surface area contributed by atoms with Crippen LogP contribution in [0.5, 0.6) is 0 Å². The molecule has 2 rings (SSSR count). The third kappa shape index (κ3) is 4.37. The second kappa shape index (κ2) is 5.93. The third-order valence-electron chi connectivity index (χ3n) is 1.47. The van der Waals surface area contributed by atoms with Gasteiger partial charge in [-0.2, -0.15) is 0 Å². The molecule has 1 aromatic heterocycles. The predicted octanol–water partition coefficient (Wildman–Crippen LogP) is 3.27. The molecule has 0 fully saturated rings. The highest BCUT2D eigenvalue weighted by Gasteiger charge is 1.99. The lowest BCUT2D eigenvalue weighted by Crippen LogP contribution is -1.89. The van der Waals surface area contributed by atoms with E-state index in [0.29, 0.717) is 4.88 Å². The second-order valence-corrected chi connectivity index (χ2v) is 3.53. The number of hydrogen-bond donors (Lipinski definition) is 1. The third-order valence-corrected chi connectivity index (χ3v) is 2.32. The van der Waals surface area contributed by atoms with E-state index in [1.165, 1.54) is 23.5 Å². The largest absolute Gasteiger partial charge is 0.477 e. The minimum atomic E-state index is -0.847. The van der Waals surface area contributed by atoms with Gasteiger partial charge in [-0.3, -0.25) is 0 Å². The summed E-state index contributed by atoms with van der Waals surface area (Å²) in [6.45, 7) is 0. The minimum Gasteiger partial charge on any atom is -0.477 e. The summed E-state index contributed by atoms with van der Waals surface area (Å²) >= 11 is 1.23. The molecule has 0 spiro atoms. The van der Waals surface area contributed by atoms with Crippen molar-refractivity contribution < 1.29 is 14.3 Å². The number of aromatic carboxylic acids is 1. The molecule has 0 aliphatic rings. The maximum Gasteiger partial charge on any atom is 0.345 e. The summed E-state index contributed by atoms with van der Waals surface area (Å²) in [7, 11) is 0. The van der Waals surface area contributed by atoms with E-state index in [1.807, 2.05) is 0 Å². The van der Waals surface area contributed by atoms with Crippen LogP contribution in [0.2, 0.25) is 0 Å². The fraction of sp³-hybridized carbons (Fsp3) is 0. The van der Waals surface area contributed by atoms with E-state index in [1.54, 1.807) is 35.7 Å². The van der Waals surface area contributed by atoms with Crippen LogP contribution in [-0.4, -0.2) is 11.1 Å². The van der Waals surface area contributed by atoms with Crippen LogP contribution in [-0.2, 0) is 0 Å². The molecular weight excluding hydrogens is 215 g/mol. The molecule has 0 bridgehead atoms. The summed E-state index contributed by atoms with van der Waals surface area (Å²) in [6, 6.07) is 11.2. The zero-order chi connectivity index (χ0) is 11.1. The predicted molar refractivity (Wildman–Crippen MR) is 57.7 cm³/mol. The fourth-order valence-electron chi connectivity index (χ4n) is 0.815. The Hall–Kier alpha value is -1.68. The molecule has 0 saturated heterocycles. The highest BCUT2D eigenvalue weighted by Crippen LogP contribution is 2.06. The monoisotopic (exact) mass is 224 g/mol. The van der Waals surface area contributed by atoms with Crippen molar-refractivity contribution in [3.8, 4) is 0 Å².